The van der Waals surface area contributed by atoms with Crippen LogP contribution in [0.5, 0.6) is 5.75 Å². The van der Waals surface area contributed by atoms with E-state index in [9.17, 15) is 9.90 Å². The molecule has 0 unspecified atom stereocenters. The van der Waals surface area contributed by atoms with Gasteiger partial charge in [-0.05, 0) is 101 Å². The largest absolute Gasteiger partial charge is 0.489 e. The van der Waals surface area contributed by atoms with Crippen LogP contribution in [0.1, 0.15) is 38.6 Å². The number of benzene rings is 1. The Morgan fingerprint density at radius 2 is 2.04 bits per heavy atom. The van der Waals surface area contributed by atoms with Gasteiger partial charge in [-0.25, -0.2) is 9.78 Å². The van der Waals surface area contributed by atoms with Gasteiger partial charge in [-0.1, -0.05) is 6.92 Å². The summed E-state index contributed by atoms with van der Waals surface area (Å²) in [6.45, 7) is 6.00. The molecule has 0 aliphatic heterocycles. The number of hydrogen-bond acceptors (Lipinski definition) is 5. The first-order valence-corrected chi connectivity index (χ1v) is 11.0. The second-order valence-electron chi connectivity index (χ2n) is 5.71. The fourth-order valence-corrected chi connectivity index (χ4v) is 4.86. The van der Waals surface area contributed by atoms with E-state index in [1.54, 1.807) is 6.08 Å². The number of rotatable bonds is 8. The highest BCUT2D eigenvalue weighted by Gasteiger charge is 2.15. The topological polar surface area (TPSA) is 88.1 Å². The van der Waals surface area contributed by atoms with Crippen LogP contribution in [0.15, 0.2) is 22.2 Å². The third-order valence-electron chi connectivity index (χ3n) is 3.08. The zero-order chi connectivity index (χ0) is 19.3. The Hall–Kier alpha value is -0.820. The number of aromatic nitrogens is 3. The first kappa shape index (κ1) is 21.5. The van der Waals surface area contributed by atoms with Gasteiger partial charge < -0.3 is 9.84 Å². The van der Waals surface area contributed by atoms with Gasteiger partial charge in [0.05, 0.1) is 13.2 Å². The Balaban J connectivity index is 2.28. The molecule has 9 heteroatoms. The molecule has 2 rings (SSSR count). The van der Waals surface area contributed by atoms with E-state index >= 15 is 0 Å². The van der Waals surface area contributed by atoms with Crippen molar-refractivity contribution < 1.29 is 14.6 Å². The van der Waals surface area contributed by atoms with Crippen molar-refractivity contribution in [1.29, 1.82) is 0 Å². The highest BCUT2D eigenvalue weighted by molar-refractivity contribution is 14.1. The molecule has 0 atom stereocenters. The number of aryl methyl sites for hydroxylation is 1. The van der Waals surface area contributed by atoms with Gasteiger partial charge in [0.1, 0.15) is 16.5 Å². The van der Waals surface area contributed by atoms with Crippen LogP contribution in [-0.2, 0) is 11.2 Å². The van der Waals surface area contributed by atoms with Crippen LogP contribution in [0.25, 0.3) is 6.08 Å². The molecule has 2 N–H and O–H groups in total. The number of aliphatic carboxylic acids is 1. The molecule has 6 nitrogen and oxygen atoms in total. The van der Waals surface area contributed by atoms with E-state index in [4.69, 9.17) is 4.74 Å². The Morgan fingerprint density at radius 1 is 1.38 bits per heavy atom. The average molecular weight is 599 g/mol. The zero-order valence-electron chi connectivity index (χ0n) is 14.5. The molecule has 0 amide bonds. The Morgan fingerprint density at radius 3 is 2.58 bits per heavy atom. The summed E-state index contributed by atoms with van der Waals surface area (Å²) in [4.78, 5) is 16.1. The molecule has 2 aromatic rings. The summed E-state index contributed by atoms with van der Waals surface area (Å²) in [5, 5.41) is 16.9. The quantitative estimate of drug-likeness (QED) is 0.253. The van der Waals surface area contributed by atoms with Gasteiger partial charge in [-0.15, -0.1) is 5.10 Å². The van der Waals surface area contributed by atoms with Crippen molar-refractivity contribution in [3.8, 4) is 5.75 Å². The number of nitrogens with one attached hydrogen (secondary N) is 1. The third-order valence-corrected chi connectivity index (χ3v) is 5.56. The number of thioether (sulfide) groups is 1. The number of carboxylic acids is 1. The molecule has 0 aliphatic carbocycles. The summed E-state index contributed by atoms with van der Waals surface area (Å²) in [6, 6.07) is 3.81. The summed E-state index contributed by atoms with van der Waals surface area (Å²) in [5.74, 6) is 0.574. The maximum Gasteiger partial charge on any atom is 0.342 e. The zero-order valence-corrected chi connectivity index (χ0v) is 19.7. The van der Waals surface area contributed by atoms with Gasteiger partial charge in [0, 0.05) is 6.42 Å². The maximum absolute atomic E-state index is 11.6. The number of hydrogen-bond donors (Lipinski definition) is 2. The van der Waals surface area contributed by atoms with E-state index < -0.39 is 5.97 Å². The maximum atomic E-state index is 11.6. The van der Waals surface area contributed by atoms with Crippen molar-refractivity contribution in [1.82, 2.24) is 15.2 Å². The molecule has 0 saturated heterocycles. The van der Waals surface area contributed by atoms with Crippen LogP contribution in [0.3, 0.4) is 0 Å². The van der Waals surface area contributed by atoms with E-state index in [1.165, 1.54) is 0 Å². The van der Waals surface area contributed by atoms with E-state index in [0.717, 1.165) is 48.9 Å². The van der Waals surface area contributed by atoms with Crippen molar-refractivity contribution in [2.75, 3.05) is 0 Å². The smallest absolute Gasteiger partial charge is 0.342 e. The Labute approximate surface area is 183 Å². The van der Waals surface area contributed by atoms with Crippen LogP contribution in [0.4, 0.5) is 0 Å². The van der Waals surface area contributed by atoms with E-state index in [2.05, 4.69) is 60.4 Å². The Bertz CT molecular complexity index is 798. The molecule has 1 heterocycles. The molecular formula is C17H19I2N3O3S. The normalized spacial score (nSPS) is 11.8. The van der Waals surface area contributed by atoms with Crippen molar-refractivity contribution >= 4 is 69.0 Å². The van der Waals surface area contributed by atoms with Crippen LogP contribution < -0.4 is 4.74 Å². The van der Waals surface area contributed by atoms with E-state index in [0.29, 0.717) is 5.16 Å². The van der Waals surface area contributed by atoms with Crippen LogP contribution in [0.2, 0.25) is 0 Å². The molecule has 1 aromatic carbocycles. The van der Waals surface area contributed by atoms with Crippen LogP contribution >= 0.6 is 56.9 Å². The van der Waals surface area contributed by atoms with Gasteiger partial charge in [0.25, 0.3) is 0 Å². The first-order valence-electron chi connectivity index (χ1n) is 8.00. The standard InChI is InChI=1S/C17H19I2N3O3S/c1-4-5-14-20-17(22-21-14)26-13(16(23)24)8-10-6-11(18)15(12(19)7-10)25-9(2)3/h6-9H,4-5H2,1-3H3,(H,23,24)(H,20,21,22)/b13-8-. The summed E-state index contributed by atoms with van der Waals surface area (Å²) in [7, 11) is 0. The lowest BCUT2D eigenvalue weighted by Gasteiger charge is -2.14. The van der Waals surface area contributed by atoms with Gasteiger partial charge in [0.15, 0.2) is 0 Å². The highest BCUT2D eigenvalue weighted by atomic mass is 127. The predicted octanol–water partition coefficient (Wildman–Crippen LogP) is 4.97. The molecule has 26 heavy (non-hydrogen) atoms. The molecule has 0 spiro atoms. The minimum absolute atomic E-state index is 0.0756. The molecule has 140 valence electrons. The van der Waals surface area contributed by atoms with Crippen LogP contribution in [0, 0.1) is 7.14 Å². The Kier molecular flexibility index (Phi) is 8.20. The number of aromatic amines is 1. The summed E-state index contributed by atoms with van der Waals surface area (Å²) in [5.41, 5.74) is 0.795. The molecule has 0 fully saturated rings. The lowest BCUT2D eigenvalue weighted by atomic mass is 10.2. The van der Waals surface area contributed by atoms with Gasteiger partial charge in [-0.3, -0.25) is 5.10 Å². The van der Waals surface area contributed by atoms with Crippen molar-refractivity contribution in [2.45, 2.75) is 44.9 Å². The molecular weight excluding hydrogens is 580 g/mol. The third kappa shape index (κ3) is 6.12. The fourth-order valence-electron chi connectivity index (χ4n) is 2.07. The fraction of sp³-hybridized carbons (Fsp3) is 0.353. The number of H-pyrrole nitrogens is 1. The summed E-state index contributed by atoms with van der Waals surface area (Å²) in [6.07, 6.45) is 3.44. The van der Waals surface area contributed by atoms with Crippen molar-refractivity contribution in [3.05, 3.63) is 35.6 Å². The molecule has 0 saturated carbocycles. The van der Waals surface area contributed by atoms with Gasteiger partial charge >= 0.3 is 5.97 Å². The number of nitrogens with zero attached hydrogens (tertiary/aromatic N) is 2. The first-order chi connectivity index (χ1) is 12.3. The minimum atomic E-state index is -1.01. The second kappa shape index (κ2) is 9.93. The average Bonchev–Trinajstić information content (AvgIpc) is 2.97. The minimum Gasteiger partial charge on any atom is -0.489 e. The van der Waals surface area contributed by atoms with E-state index in [-0.39, 0.29) is 11.0 Å². The monoisotopic (exact) mass is 599 g/mol. The number of carboxylic acid groups (broad SMARTS) is 1. The van der Waals surface area contributed by atoms with Crippen molar-refractivity contribution in [3.63, 3.8) is 0 Å². The summed E-state index contributed by atoms with van der Waals surface area (Å²) >= 11 is 5.44. The van der Waals surface area contributed by atoms with Crippen molar-refractivity contribution in [2.24, 2.45) is 0 Å². The molecule has 0 bridgehead atoms. The van der Waals surface area contributed by atoms with Gasteiger partial charge in [-0.2, -0.15) is 0 Å². The lowest BCUT2D eigenvalue weighted by Crippen LogP contribution is -2.08. The lowest BCUT2D eigenvalue weighted by molar-refractivity contribution is -0.131. The SMILES string of the molecule is CCCc1nc(S/C(=C\c2cc(I)c(OC(C)C)c(I)c2)C(=O)O)n[nH]1. The summed E-state index contributed by atoms with van der Waals surface area (Å²) < 4.78 is 7.70. The van der Waals surface area contributed by atoms with E-state index in [1.807, 2.05) is 32.9 Å². The molecule has 0 radical (unpaired) electrons. The van der Waals surface area contributed by atoms with Crippen LogP contribution in [-0.4, -0.2) is 32.4 Å². The molecule has 0 aliphatic rings. The predicted molar refractivity (Wildman–Crippen MR) is 119 cm³/mol. The highest BCUT2D eigenvalue weighted by Crippen LogP contribution is 2.32. The van der Waals surface area contributed by atoms with Gasteiger partial charge in [0.2, 0.25) is 5.16 Å². The molecule has 1 aromatic heterocycles. The second-order valence-corrected chi connectivity index (χ2v) is 9.04. The number of carbonyl (C=O) groups is 1. The number of ether oxygens (including phenoxy) is 1. The number of halogens is 2.